The fourth-order valence-corrected chi connectivity index (χ4v) is 1.79. The van der Waals surface area contributed by atoms with Crippen molar-refractivity contribution < 1.29 is 8.39 Å². The van der Waals surface area contributed by atoms with Gasteiger partial charge in [-0.1, -0.05) is 0 Å². The van der Waals surface area contributed by atoms with E-state index in [2.05, 4.69) is 26.6 Å². The molecule has 0 radical (unpaired) electrons. The maximum absolute atomic E-state index is 10.5. The average Bonchev–Trinajstić information content (AvgIpc) is 1.67. The van der Waals surface area contributed by atoms with Gasteiger partial charge in [0, 0.05) is 6.57 Å². The molecule has 0 N–H and O–H groups in total. The monoisotopic (exact) mass is 190 g/mol. The van der Waals surface area contributed by atoms with Crippen molar-refractivity contribution >= 4 is 38.6 Å². The molecule has 0 rings (SSSR count). The highest BCUT2D eigenvalue weighted by molar-refractivity contribution is 8.63. The second-order valence-electron chi connectivity index (χ2n) is 0.858. The zero-order chi connectivity index (χ0) is 6.57. The second-order valence-corrected chi connectivity index (χ2v) is 8.10. The Balaban J connectivity index is 4.28. The maximum atomic E-state index is 10.5. The van der Waals surface area contributed by atoms with E-state index in [1.165, 1.54) is 0 Å². The van der Waals surface area contributed by atoms with Crippen LogP contribution in [0.2, 0.25) is 0 Å². The molecule has 2 nitrogen and oxygen atoms in total. The molecule has 0 aliphatic rings. The fraction of sp³-hybridized carbons (Fsp3) is 1.00. The topological polar surface area (TPSA) is 26.3 Å². The zero-order valence-corrected chi connectivity index (χ0v) is 7.54. The molecule has 0 spiro atoms. The van der Waals surface area contributed by atoms with Gasteiger partial charge in [-0.05, 0) is 29.3 Å². The van der Waals surface area contributed by atoms with Crippen LogP contribution in [0, 0.1) is 0 Å². The lowest BCUT2D eigenvalue weighted by atomic mass is 10.9. The third-order valence-corrected chi connectivity index (χ3v) is 4.31. The minimum absolute atomic E-state index is 0.423. The van der Waals surface area contributed by atoms with Crippen LogP contribution in [-0.4, -0.2) is 10.8 Å². The molecule has 0 saturated carbocycles. The van der Waals surface area contributed by atoms with E-state index in [0.29, 0.717) is 6.61 Å². The van der Waals surface area contributed by atoms with Crippen molar-refractivity contribution in [3.05, 3.63) is 0 Å². The summed E-state index contributed by atoms with van der Waals surface area (Å²) in [6, 6.07) is 0. The first-order valence-corrected chi connectivity index (χ1v) is 6.73. The Kier molecular flexibility index (Phi) is 5.08. The van der Waals surface area contributed by atoms with E-state index in [-0.39, 0.29) is 0 Å². The lowest BCUT2D eigenvalue weighted by Gasteiger charge is -1.83. The molecule has 1 atom stereocenters. The Morgan fingerprint density at radius 1 is 1.75 bits per heavy atom. The predicted molar refractivity (Wildman–Crippen MR) is 43.3 cm³/mol. The Hall–Kier alpha value is 0.770. The van der Waals surface area contributed by atoms with Crippen LogP contribution in [0.3, 0.4) is 0 Å². The summed E-state index contributed by atoms with van der Waals surface area (Å²) in [5, 5.41) is 0. The van der Waals surface area contributed by atoms with Gasteiger partial charge in [-0.25, -0.2) is 4.21 Å². The van der Waals surface area contributed by atoms with E-state index < -0.39 is 16.2 Å². The molecule has 6 heteroatoms. The molecule has 0 amide bonds. The number of hydrogen-bond donors (Lipinski definition) is 1. The van der Waals surface area contributed by atoms with Crippen LogP contribution in [0.15, 0.2) is 0 Å². The fourth-order valence-electron chi connectivity index (χ4n) is 0.148. The van der Waals surface area contributed by atoms with Crippen LogP contribution >= 0.6 is 0 Å². The second kappa shape index (κ2) is 4.63. The molecular formula is C2H6O2S4. The van der Waals surface area contributed by atoms with Crippen molar-refractivity contribution in [1.29, 1.82) is 0 Å². The van der Waals surface area contributed by atoms with Gasteiger partial charge in [0.25, 0.3) is 0 Å². The van der Waals surface area contributed by atoms with Crippen LogP contribution in [0.25, 0.3) is 0 Å². The van der Waals surface area contributed by atoms with Crippen molar-refractivity contribution in [2.45, 2.75) is 6.92 Å². The number of hydrogen-bond acceptors (Lipinski definition) is 4. The molecular weight excluding hydrogens is 184 g/mol. The van der Waals surface area contributed by atoms with E-state index in [1.54, 1.807) is 6.92 Å². The quantitative estimate of drug-likeness (QED) is 0.614. The normalized spacial score (nSPS) is 13.1. The molecule has 0 aromatic rings. The van der Waals surface area contributed by atoms with Gasteiger partial charge in [0.2, 0.25) is 0 Å². The number of thiol groups is 1. The van der Waals surface area contributed by atoms with E-state index in [9.17, 15) is 4.21 Å². The van der Waals surface area contributed by atoms with Gasteiger partial charge in [-0.3, -0.25) is 4.18 Å². The summed E-state index contributed by atoms with van der Waals surface area (Å²) in [6.45, 7) is 1.27. The van der Waals surface area contributed by atoms with Gasteiger partial charge in [-0.15, -0.1) is 0 Å². The summed E-state index contributed by atoms with van der Waals surface area (Å²) in [7, 11) is -1.73. The van der Waals surface area contributed by atoms with Crippen LogP contribution in [0.1, 0.15) is 6.92 Å². The predicted octanol–water partition coefficient (Wildman–Crippen LogP) is -0.124. The van der Waals surface area contributed by atoms with Gasteiger partial charge in [0.05, 0.1) is 6.61 Å². The Morgan fingerprint density at radius 3 is 2.38 bits per heavy atom. The Labute approximate surface area is 60.6 Å². The summed E-state index contributed by atoms with van der Waals surface area (Å²) in [6.07, 6.45) is 0. The molecule has 0 aliphatic heterocycles. The molecule has 0 bridgehead atoms. The summed E-state index contributed by atoms with van der Waals surface area (Å²) < 4.78 is 15.1. The van der Waals surface area contributed by atoms with Gasteiger partial charge < -0.3 is 0 Å². The molecule has 8 heavy (non-hydrogen) atoms. The van der Waals surface area contributed by atoms with Gasteiger partial charge in [0.1, 0.15) is 9.64 Å². The van der Waals surface area contributed by atoms with Crippen molar-refractivity contribution in [3.63, 3.8) is 0 Å². The van der Waals surface area contributed by atoms with Crippen LogP contribution < -0.4 is 0 Å². The third kappa shape index (κ3) is 3.73. The van der Waals surface area contributed by atoms with Crippen molar-refractivity contribution in [3.8, 4) is 0 Å². The summed E-state index contributed by atoms with van der Waals surface area (Å²) >= 11 is 9.00. The first-order chi connectivity index (χ1) is 3.68. The molecule has 0 fully saturated rings. The van der Waals surface area contributed by atoms with E-state index in [4.69, 9.17) is 0 Å². The van der Waals surface area contributed by atoms with Crippen molar-refractivity contribution in [2.75, 3.05) is 6.61 Å². The zero-order valence-electron chi connectivity index (χ0n) is 4.20. The summed E-state index contributed by atoms with van der Waals surface area (Å²) in [4.78, 5) is 0. The number of rotatable bonds is 2. The van der Waals surface area contributed by atoms with Crippen LogP contribution in [0.5, 0.6) is 0 Å². The molecule has 50 valence electrons. The van der Waals surface area contributed by atoms with Crippen molar-refractivity contribution in [2.24, 2.45) is 0 Å². The molecule has 0 heterocycles. The van der Waals surface area contributed by atoms with E-state index in [1.807, 2.05) is 0 Å². The van der Waals surface area contributed by atoms with Gasteiger partial charge in [0.15, 0.2) is 0 Å². The average molecular weight is 190 g/mol. The van der Waals surface area contributed by atoms with Gasteiger partial charge in [-0.2, -0.15) is 0 Å². The molecule has 0 aromatic carbocycles. The summed E-state index contributed by atoms with van der Waals surface area (Å²) in [5.41, 5.74) is 0. The van der Waals surface area contributed by atoms with Gasteiger partial charge >= 0.3 is 0 Å². The standard InChI is InChI=1S/C2H6O2S4/c1-2-4-7(3)8(5)6/h7H,2H2,1H3. The lowest BCUT2D eigenvalue weighted by Crippen LogP contribution is -1.84. The first kappa shape index (κ1) is 8.77. The molecule has 1 unspecified atom stereocenters. The SMILES string of the molecule is CCO[SH](=O)=S(=S)=S. The lowest BCUT2D eigenvalue weighted by molar-refractivity contribution is 0.382. The Morgan fingerprint density at radius 2 is 2.25 bits per heavy atom. The largest absolute Gasteiger partial charge is 0.292 e. The minimum Gasteiger partial charge on any atom is -0.292 e. The molecule has 0 saturated heterocycles. The van der Waals surface area contributed by atoms with E-state index >= 15 is 0 Å². The van der Waals surface area contributed by atoms with Crippen LogP contribution in [-0.2, 0) is 42.8 Å². The molecule has 0 aromatic heterocycles. The summed E-state index contributed by atoms with van der Waals surface area (Å²) in [5.74, 6) is 0. The maximum Gasteiger partial charge on any atom is 0.133 e. The highest BCUT2D eigenvalue weighted by Crippen LogP contribution is 1.71. The Bertz CT molecular complexity index is 210. The van der Waals surface area contributed by atoms with Crippen molar-refractivity contribution in [1.82, 2.24) is 0 Å². The van der Waals surface area contributed by atoms with Crippen LogP contribution in [0.4, 0.5) is 0 Å². The minimum atomic E-state index is -1.73. The molecule has 0 aliphatic carbocycles. The van der Waals surface area contributed by atoms with E-state index in [0.717, 1.165) is 0 Å². The first-order valence-electron chi connectivity index (χ1n) is 1.88. The highest BCUT2D eigenvalue weighted by atomic mass is 33.3. The third-order valence-electron chi connectivity index (χ3n) is 0.356. The smallest absolute Gasteiger partial charge is 0.133 e. The highest BCUT2D eigenvalue weighted by Gasteiger charge is 1.73.